The second-order valence-electron chi connectivity index (χ2n) is 3.95. The Morgan fingerprint density at radius 3 is 2.33 bits per heavy atom. The molecule has 0 unspecified atom stereocenters. The van der Waals surface area contributed by atoms with Gasteiger partial charge < -0.3 is 9.57 Å². The van der Waals surface area contributed by atoms with Crippen LogP contribution in [0.25, 0.3) is 0 Å². The first-order valence-electron chi connectivity index (χ1n) is 4.79. The first kappa shape index (κ1) is 13.7. The quantitative estimate of drug-likeness (QED) is 0.695. The number of amides is 1. The van der Waals surface area contributed by atoms with E-state index in [-0.39, 0.29) is 0 Å². The molecule has 88 valence electrons. The lowest BCUT2D eigenvalue weighted by Crippen LogP contribution is -2.42. The van der Waals surface area contributed by atoms with Gasteiger partial charge in [0.2, 0.25) is 0 Å². The molecule has 6 nitrogen and oxygen atoms in total. The zero-order valence-electron chi connectivity index (χ0n) is 9.55. The van der Waals surface area contributed by atoms with Gasteiger partial charge in [-0.15, -0.1) is 0 Å². The molecule has 0 aromatic carbocycles. The first-order valence-corrected chi connectivity index (χ1v) is 4.79. The van der Waals surface area contributed by atoms with Gasteiger partial charge in [0.25, 0.3) is 0 Å². The van der Waals surface area contributed by atoms with Gasteiger partial charge in [-0.05, 0) is 27.2 Å². The van der Waals surface area contributed by atoms with Crippen molar-refractivity contribution in [2.45, 2.75) is 46.1 Å². The van der Waals surface area contributed by atoms with Crippen LogP contribution in [-0.2, 0) is 14.4 Å². The number of nitrogens with one attached hydrogen (secondary N) is 2. The van der Waals surface area contributed by atoms with E-state index in [1.54, 1.807) is 20.8 Å². The molecular weight excluding hydrogens is 200 g/mol. The van der Waals surface area contributed by atoms with Gasteiger partial charge in [-0.1, -0.05) is 12.5 Å². The van der Waals surface area contributed by atoms with Crippen LogP contribution in [0.3, 0.4) is 0 Å². The summed E-state index contributed by atoms with van der Waals surface area (Å²) < 4.78 is 4.88. The van der Waals surface area contributed by atoms with Crippen molar-refractivity contribution in [1.82, 2.24) is 11.0 Å². The Morgan fingerprint density at radius 2 is 1.87 bits per heavy atom. The van der Waals surface area contributed by atoms with E-state index in [0.29, 0.717) is 12.8 Å². The predicted molar refractivity (Wildman–Crippen MR) is 53.5 cm³/mol. The van der Waals surface area contributed by atoms with Crippen LogP contribution in [0.1, 0.15) is 40.5 Å². The van der Waals surface area contributed by atoms with E-state index in [4.69, 9.17) is 4.74 Å². The van der Waals surface area contributed by atoms with Crippen LogP contribution in [0, 0.1) is 0 Å². The van der Waals surface area contributed by atoms with Crippen LogP contribution < -0.4 is 11.0 Å². The van der Waals surface area contributed by atoms with Crippen LogP contribution in [0.2, 0.25) is 0 Å². The zero-order chi connectivity index (χ0) is 11.9. The molecule has 0 radical (unpaired) electrons. The maximum absolute atomic E-state index is 11.0. The van der Waals surface area contributed by atoms with E-state index in [0.717, 1.165) is 0 Å². The molecule has 0 bridgehead atoms. The van der Waals surface area contributed by atoms with Gasteiger partial charge in [0.05, 0.1) is 0 Å². The highest BCUT2D eigenvalue weighted by Crippen LogP contribution is 2.05. The van der Waals surface area contributed by atoms with Crippen molar-refractivity contribution in [3.63, 3.8) is 0 Å². The second-order valence-corrected chi connectivity index (χ2v) is 3.95. The Kier molecular flexibility index (Phi) is 5.69. The van der Waals surface area contributed by atoms with Gasteiger partial charge in [-0.25, -0.2) is 10.2 Å². The molecule has 0 saturated carbocycles. The smallest absolute Gasteiger partial charge is 0.424 e. The molecule has 1 amide bonds. The minimum Gasteiger partial charge on any atom is -0.443 e. The Morgan fingerprint density at radius 1 is 1.27 bits per heavy atom. The lowest BCUT2D eigenvalue weighted by Gasteiger charge is -2.19. The molecule has 0 aliphatic carbocycles. The number of rotatable bonds is 4. The molecule has 15 heavy (non-hydrogen) atoms. The zero-order valence-corrected chi connectivity index (χ0v) is 9.55. The van der Waals surface area contributed by atoms with E-state index < -0.39 is 17.7 Å². The molecule has 2 N–H and O–H groups in total. The summed E-state index contributed by atoms with van der Waals surface area (Å²) in [5.74, 6) is -0.437. The SMILES string of the molecule is CCCC(=O)ONNC(=O)OC(C)(C)C. The van der Waals surface area contributed by atoms with E-state index >= 15 is 0 Å². The van der Waals surface area contributed by atoms with Crippen LogP contribution in [0.15, 0.2) is 0 Å². The van der Waals surface area contributed by atoms with Crippen molar-refractivity contribution in [3.05, 3.63) is 0 Å². The third-order valence-electron chi connectivity index (χ3n) is 1.17. The van der Waals surface area contributed by atoms with Crippen LogP contribution in [-0.4, -0.2) is 17.7 Å². The minimum atomic E-state index is -0.702. The Hall–Kier alpha value is -1.30. The average Bonchev–Trinajstić information content (AvgIpc) is 2.00. The van der Waals surface area contributed by atoms with Gasteiger partial charge in [0.1, 0.15) is 5.60 Å². The van der Waals surface area contributed by atoms with Crippen molar-refractivity contribution in [3.8, 4) is 0 Å². The van der Waals surface area contributed by atoms with E-state index in [2.05, 4.69) is 10.3 Å². The monoisotopic (exact) mass is 218 g/mol. The van der Waals surface area contributed by atoms with Crippen molar-refractivity contribution < 1.29 is 19.2 Å². The van der Waals surface area contributed by atoms with E-state index in [1.165, 1.54) is 0 Å². The van der Waals surface area contributed by atoms with Gasteiger partial charge in [0.15, 0.2) is 0 Å². The summed E-state index contributed by atoms with van der Waals surface area (Å²) in [5.41, 5.74) is 3.51. The van der Waals surface area contributed by atoms with E-state index in [9.17, 15) is 9.59 Å². The summed E-state index contributed by atoms with van der Waals surface area (Å²) in [6.45, 7) is 7.05. The summed E-state index contributed by atoms with van der Waals surface area (Å²) >= 11 is 0. The summed E-state index contributed by atoms with van der Waals surface area (Å²) in [5, 5.41) is 0. The average molecular weight is 218 g/mol. The molecule has 0 aromatic heterocycles. The fourth-order valence-corrected chi connectivity index (χ4v) is 0.683. The highest BCUT2D eigenvalue weighted by molar-refractivity contribution is 5.70. The summed E-state index contributed by atoms with van der Waals surface area (Å²) in [6.07, 6.45) is 0.280. The number of hydrogen-bond acceptors (Lipinski definition) is 5. The first-order chi connectivity index (χ1) is 6.85. The fourth-order valence-electron chi connectivity index (χ4n) is 0.683. The number of hydrazine groups is 1. The third kappa shape index (κ3) is 9.01. The topological polar surface area (TPSA) is 76.7 Å². The Labute approximate surface area is 89.2 Å². The maximum atomic E-state index is 11.0. The van der Waals surface area contributed by atoms with Gasteiger partial charge in [-0.2, -0.15) is 0 Å². The van der Waals surface area contributed by atoms with E-state index in [1.807, 2.05) is 12.5 Å². The van der Waals surface area contributed by atoms with Gasteiger partial charge in [0, 0.05) is 6.42 Å². The van der Waals surface area contributed by atoms with Gasteiger partial charge >= 0.3 is 12.1 Å². The fraction of sp³-hybridized carbons (Fsp3) is 0.778. The molecule has 0 aliphatic heterocycles. The lowest BCUT2D eigenvalue weighted by atomic mass is 10.2. The third-order valence-corrected chi connectivity index (χ3v) is 1.17. The second kappa shape index (κ2) is 6.23. The van der Waals surface area contributed by atoms with Crippen molar-refractivity contribution in [1.29, 1.82) is 0 Å². The summed E-state index contributed by atoms with van der Waals surface area (Å²) in [6, 6.07) is 0. The van der Waals surface area contributed by atoms with Crippen molar-refractivity contribution in [2.24, 2.45) is 0 Å². The molecular formula is C9H18N2O4. The molecule has 0 atom stereocenters. The highest BCUT2D eigenvalue weighted by atomic mass is 16.7. The lowest BCUT2D eigenvalue weighted by molar-refractivity contribution is -0.153. The van der Waals surface area contributed by atoms with Crippen molar-refractivity contribution in [2.75, 3.05) is 0 Å². The van der Waals surface area contributed by atoms with Gasteiger partial charge in [-0.3, -0.25) is 4.79 Å². The molecule has 6 heteroatoms. The highest BCUT2D eigenvalue weighted by Gasteiger charge is 2.15. The van der Waals surface area contributed by atoms with Crippen LogP contribution >= 0.6 is 0 Å². The largest absolute Gasteiger partial charge is 0.443 e. The molecule has 0 aromatic rings. The standard InChI is InChI=1S/C9H18N2O4/c1-5-6-7(12)15-11-10-8(13)14-9(2,3)4/h11H,5-6H2,1-4H3,(H,10,13). The number of ether oxygens (including phenoxy) is 1. The summed E-state index contributed by atoms with van der Waals surface area (Å²) in [7, 11) is 0. The summed E-state index contributed by atoms with van der Waals surface area (Å²) in [4.78, 5) is 26.3. The van der Waals surface area contributed by atoms with Crippen LogP contribution in [0.5, 0.6) is 0 Å². The normalized spacial score (nSPS) is 10.7. The molecule has 0 fully saturated rings. The Bertz CT molecular complexity index is 223. The minimum absolute atomic E-state index is 0.295. The van der Waals surface area contributed by atoms with Crippen LogP contribution in [0.4, 0.5) is 4.79 Å². The maximum Gasteiger partial charge on any atom is 0.424 e. The number of carbonyl (C=O) groups is 2. The van der Waals surface area contributed by atoms with Crippen molar-refractivity contribution >= 4 is 12.1 Å². The predicted octanol–water partition coefficient (Wildman–Crippen LogP) is 1.27. The number of carbonyl (C=O) groups excluding carboxylic acids is 2. The molecule has 0 rings (SSSR count). The number of hydrogen-bond donors (Lipinski definition) is 2. The molecule has 0 aliphatic rings. The molecule has 0 heterocycles. The molecule has 0 saturated heterocycles. The Balaban J connectivity index is 3.60. The molecule has 0 spiro atoms.